The molecule has 0 amide bonds. The van der Waals surface area contributed by atoms with E-state index in [4.69, 9.17) is 10.5 Å². The van der Waals surface area contributed by atoms with E-state index in [0.717, 1.165) is 23.3 Å². The number of aromatic hydroxyl groups is 1. The SMILES string of the molecule is CCOc1cc(C)c(C)cc1C(CN)Cc1cccc(O)c1. The Bertz CT molecular complexity index is 637. The van der Waals surface area contributed by atoms with E-state index in [1.165, 1.54) is 11.1 Å². The van der Waals surface area contributed by atoms with Gasteiger partial charge in [0.25, 0.3) is 0 Å². The van der Waals surface area contributed by atoms with Gasteiger partial charge in [-0.05, 0) is 74.2 Å². The number of ether oxygens (including phenoxy) is 1. The highest BCUT2D eigenvalue weighted by molar-refractivity contribution is 5.45. The number of aryl methyl sites for hydroxylation is 2. The van der Waals surface area contributed by atoms with Crippen molar-refractivity contribution < 1.29 is 9.84 Å². The Morgan fingerprint density at radius 1 is 1.14 bits per heavy atom. The van der Waals surface area contributed by atoms with Crippen LogP contribution in [-0.2, 0) is 6.42 Å². The molecule has 3 heteroatoms. The summed E-state index contributed by atoms with van der Waals surface area (Å²) in [7, 11) is 0. The monoisotopic (exact) mass is 299 g/mol. The highest BCUT2D eigenvalue weighted by atomic mass is 16.5. The molecule has 3 nitrogen and oxygen atoms in total. The van der Waals surface area contributed by atoms with Gasteiger partial charge in [0.2, 0.25) is 0 Å². The lowest BCUT2D eigenvalue weighted by atomic mass is 9.89. The Labute approximate surface area is 132 Å². The minimum Gasteiger partial charge on any atom is -0.508 e. The third-order valence-electron chi connectivity index (χ3n) is 4.04. The van der Waals surface area contributed by atoms with Gasteiger partial charge in [0.1, 0.15) is 11.5 Å². The van der Waals surface area contributed by atoms with Gasteiger partial charge in [-0.25, -0.2) is 0 Å². The summed E-state index contributed by atoms with van der Waals surface area (Å²) >= 11 is 0. The molecular weight excluding hydrogens is 274 g/mol. The van der Waals surface area contributed by atoms with Crippen LogP contribution < -0.4 is 10.5 Å². The maximum absolute atomic E-state index is 9.63. The lowest BCUT2D eigenvalue weighted by Gasteiger charge is -2.21. The summed E-state index contributed by atoms with van der Waals surface area (Å²) in [4.78, 5) is 0. The van der Waals surface area contributed by atoms with Crippen molar-refractivity contribution in [3.63, 3.8) is 0 Å². The van der Waals surface area contributed by atoms with Crippen LogP contribution in [0.25, 0.3) is 0 Å². The lowest BCUT2D eigenvalue weighted by molar-refractivity contribution is 0.333. The maximum atomic E-state index is 9.63. The van der Waals surface area contributed by atoms with Gasteiger partial charge >= 0.3 is 0 Å². The number of nitrogens with two attached hydrogens (primary N) is 1. The van der Waals surface area contributed by atoms with Gasteiger partial charge in [0.05, 0.1) is 6.61 Å². The van der Waals surface area contributed by atoms with Crippen molar-refractivity contribution in [1.82, 2.24) is 0 Å². The molecule has 0 radical (unpaired) electrons. The average Bonchev–Trinajstić information content (AvgIpc) is 2.49. The summed E-state index contributed by atoms with van der Waals surface area (Å²) in [5.41, 5.74) is 10.7. The minimum atomic E-state index is 0.169. The lowest BCUT2D eigenvalue weighted by Crippen LogP contribution is -2.16. The van der Waals surface area contributed by atoms with Crippen LogP contribution in [0.3, 0.4) is 0 Å². The van der Waals surface area contributed by atoms with Crippen molar-refractivity contribution in [2.24, 2.45) is 5.73 Å². The van der Waals surface area contributed by atoms with Crippen LogP contribution in [-0.4, -0.2) is 18.3 Å². The average molecular weight is 299 g/mol. The fourth-order valence-corrected chi connectivity index (χ4v) is 2.70. The number of hydrogen-bond acceptors (Lipinski definition) is 3. The fourth-order valence-electron chi connectivity index (χ4n) is 2.70. The molecule has 0 aliphatic carbocycles. The van der Waals surface area contributed by atoms with Crippen molar-refractivity contribution >= 4 is 0 Å². The first-order valence-electron chi connectivity index (χ1n) is 7.77. The second kappa shape index (κ2) is 7.32. The predicted octanol–water partition coefficient (Wildman–Crippen LogP) is 3.69. The summed E-state index contributed by atoms with van der Waals surface area (Å²) in [6, 6.07) is 11.6. The summed E-state index contributed by atoms with van der Waals surface area (Å²) in [6.45, 7) is 7.37. The van der Waals surface area contributed by atoms with Gasteiger partial charge in [-0.15, -0.1) is 0 Å². The molecule has 0 aliphatic heterocycles. The van der Waals surface area contributed by atoms with Crippen LogP contribution in [0, 0.1) is 13.8 Å². The van der Waals surface area contributed by atoms with Gasteiger partial charge in [-0.2, -0.15) is 0 Å². The third kappa shape index (κ3) is 3.80. The van der Waals surface area contributed by atoms with E-state index in [1.54, 1.807) is 12.1 Å². The second-order valence-corrected chi connectivity index (χ2v) is 5.71. The van der Waals surface area contributed by atoms with Gasteiger partial charge in [-0.1, -0.05) is 18.2 Å². The molecule has 118 valence electrons. The van der Waals surface area contributed by atoms with Gasteiger partial charge in [-0.3, -0.25) is 0 Å². The second-order valence-electron chi connectivity index (χ2n) is 5.71. The number of phenols is 1. The zero-order valence-electron chi connectivity index (χ0n) is 13.6. The van der Waals surface area contributed by atoms with E-state index in [0.29, 0.717) is 18.9 Å². The zero-order chi connectivity index (χ0) is 16.1. The Kier molecular flexibility index (Phi) is 5.45. The van der Waals surface area contributed by atoms with Crippen LogP contribution >= 0.6 is 0 Å². The normalized spacial score (nSPS) is 12.2. The molecule has 1 unspecified atom stereocenters. The van der Waals surface area contributed by atoms with E-state index >= 15 is 0 Å². The van der Waals surface area contributed by atoms with Crippen LogP contribution in [0.1, 0.15) is 35.1 Å². The largest absolute Gasteiger partial charge is 0.508 e. The van der Waals surface area contributed by atoms with Crippen LogP contribution in [0.4, 0.5) is 0 Å². The zero-order valence-corrected chi connectivity index (χ0v) is 13.6. The van der Waals surface area contributed by atoms with Crippen LogP contribution in [0.2, 0.25) is 0 Å². The standard InChI is InChI=1S/C19H25NO2/c1-4-22-19-9-14(3)13(2)8-18(19)16(12-20)10-15-6-5-7-17(21)11-15/h5-9,11,16,21H,4,10,12,20H2,1-3H3. The molecule has 0 saturated carbocycles. The molecule has 2 rings (SSSR count). The van der Waals surface area contributed by atoms with Crippen molar-refractivity contribution in [2.45, 2.75) is 33.1 Å². The van der Waals surface area contributed by atoms with Crippen molar-refractivity contribution in [1.29, 1.82) is 0 Å². The Balaban J connectivity index is 2.35. The van der Waals surface area contributed by atoms with E-state index in [1.807, 2.05) is 19.1 Å². The van der Waals surface area contributed by atoms with E-state index in [2.05, 4.69) is 26.0 Å². The molecule has 0 aliphatic rings. The van der Waals surface area contributed by atoms with Crippen molar-refractivity contribution in [3.8, 4) is 11.5 Å². The Morgan fingerprint density at radius 3 is 2.50 bits per heavy atom. The summed E-state index contributed by atoms with van der Waals surface area (Å²) in [5.74, 6) is 1.38. The molecule has 0 spiro atoms. The topological polar surface area (TPSA) is 55.5 Å². The molecule has 1 atom stereocenters. The summed E-state index contributed by atoms with van der Waals surface area (Å²) < 4.78 is 5.81. The Hall–Kier alpha value is -2.00. The molecule has 0 bridgehead atoms. The van der Waals surface area contributed by atoms with E-state index in [-0.39, 0.29) is 5.92 Å². The smallest absolute Gasteiger partial charge is 0.123 e. The van der Waals surface area contributed by atoms with Crippen molar-refractivity contribution in [3.05, 3.63) is 58.7 Å². The third-order valence-corrected chi connectivity index (χ3v) is 4.04. The number of rotatable bonds is 6. The fraction of sp³-hybridized carbons (Fsp3) is 0.368. The molecule has 0 fully saturated rings. The number of hydrogen-bond donors (Lipinski definition) is 2. The summed E-state index contributed by atoms with van der Waals surface area (Å²) in [5, 5.41) is 9.63. The molecule has 0 aromatic heterocycles. The molecule has 3 N–H and O–H groups in total. The minimum absolute atomic E-state index is 0.169. The molecule has 2 aromatic carbocycles. The first-order valence-corrected chi connectivity index (χ1v) is 7.77. The van der Waals surface area contributed by atoms with E-state index < -0.39 is 0 Å². The highest BCUT2D eigenvalue weighted by Gasteiger charge is 2.17. The molecule has 2 aromatic rings. The van der Waals surface area contributed by atoms with Gasteiger partial charge in [0.15, 0.2) is 0 Å². The molecular formula is C19H25NO2. The predicted molar refractivity (Wildman–Crippen MR) is 90.7 cm³/mol. The summed E-state index contributed by atoms with van der Waals surface area (Å²) in [6.07, 6.45) is 0.785. The highest BCUT2D eigenvalue weighted by Crippen LogP contribution is 2.32. The first kappa shape index (κ1) is 16.4. The molecule has 0 saturated heterocycles. The number of phenolic OH excluding ortho intramolecular Hbond substituents is 1. The maximum Gasteiger partial charge on any atom is 0.123 e. The van der Waals surface area contributed by atoms with Crippen molar-refractivity contribution in [2.75, 3.05) is 13.2 Å². The molecule has 0 heterocycles. The molecule has 22 heavy (non-hydrogen) atoms. The van der Waals surface area contributed by atoms with Crippen LogP contribution in [0.15, 0.2) is 36.4 Å². The van der Waals surface area contributed by atoms with Gasteiger partial charge in [0, 0.05) is 5.92 Å². The number of benzene rings is 2. The Morgan fingerprint density at radius 2 is 1.86 bits per heavy atom. The first-order chi connectivity index (χ1) is 10.5. The van der Waals surface area contributed by atoms with Gasteiger partial charge < -0.3 is 15.6 Å². The van der Waals surface area contributed by atoms with E-state index in [9.17, 15) is 5.11 Å². The quantitative estimate of drug-likeness (QED) is 0.855. The van der Waals surface area contributed by atoms with Crippen LogP contribution in [0.5, 0.6) is 11.5 Å².